The Balaban J connectivity index is 0.00000900. The van der Waals surface area contributed by atoms with Crippen LogP contribution in [0.3, 0.4) is 0 Å². The van der Waals surface area contributed by atoms with Gasteiger partial charge in [0, 0.05) is 19.7 Å². The molecule has 0 heterocycles. The van der Waals surface area contributed by atoms with Crippen molar-refractivity contribution in [3.8, 4) is 0 Å². The van der Waals surface area contributed by atoms with Crippen LogP contribution in [-0.2, 0) is 28.7 Å². The van der Waals surface area contributed by atoms with Crippen LogP contribution in [0.5, 0.6) is 0 Å². The van der Waals surface area contributed by atoms with Gasteiger partial charge in [-0.2, -0.15) is 5.26 Å². The molecule has 1 rings (SSSR count). The van der Waals surface area contributed by atoms with Crippen LogP contribution in [0.15, 0.2) is 36.6 Å². The van der Waals surface area contributed by atoms with Crippen LogP contribution < -0.4 is 40.2 Å². The van der Waals surface area contributed by atoms with Gasteiger partial charge in [-0.3, -0.25) is 14.5 Å². The first-order valence-corrected chi connectivity index (χ1v) is 10.2. The molecule has 1 aliphatic carbocycles. The minimum Gasteiger partial charge on any atom is -0.495 e. The third kappa shape index (κ3) is 12.1. The molecular weight excluding hydrogens is 415 g/mol. The predicted octanol–water partition coefficient (Wildman–Crippen LogP) is -0.989. The Hall–Kier alpha value is -1.65. The molecule has 3 N–H and O–H groups in total. The van der Waals surface area contributed by atoms with E-state index in [4.69, 9.17) is 14.7 Å². The molecule has 9 nitrogen and oxygen atoms in total. The smallest absolute Gasteiger partial charge is 0.495 e. The molecule has 1 atom stereocenters. The van der Waals surface area contributed by atoms with E-state index < -0.39 is 12.1 Å². The van der Waals surface area contributed by atoms with Crippen molar-refractivity contribution < 1.29 is 63.6 Å². The van der Waals surface area contributed by atoms with E-state index in [1.165, 1.54) is 12.2 Å². The van der Waals surface area contributed by atoms with E-state index in [1.807, 2.05) is 0 Å². The van der Waals surface area contributed by atoms with E-state index in [0.717, 1.165) is 12.8 Å². The molecule has 0 fully saturated rings. The number of ether oxygens (including phenoxy) is 2. The van der Waals surface area contributed by atoms with Crippen LogP contribution in [0, 0.1) is 0 Å². The van der Waals surface area contributed by atoms with E-state index in [9.17, 15) is 14.4 Å². The topological polar surface area (TPSA) is 123 Å². The molecule has 168 valence electrons. The molecule has 31 heavy (non-hydrogen) atoms. The number of nitrogens with one attached hydrogen (secondary N) is 2. The first kappa shape index (κ1) is 29.4. The Morgan fingerprint density at radius 3 is 2.13 bits per heavy atom. The maximum atomic E-state index is 11.9. The standard InChI is InChI=1S/C21H32N2O7.Na/c1-3-18(24)22-12-5-7-14-28-17-11-9-10-16(21(26)30-27)20(17)29-15-8-6-13-23-19(25)4-2;/h3-4,17,27H,1-2,5-15H2,(H,22,24)(H,23,25);/q;+1. The fraction of sp³-hybridized carbons (Fsp3) is 0.571. The van der Waals surface area contributed by atoms with E-state index in [1.54, 1.807) is 0 Å². The van der Waals surface area contributed by atoms with Gasteiger partial charge in [-0.05, 0) is 57.1 Å². The van der Waals surface area contributed by atoms with E-state index in [2.05, 4.69) is 28.7 Å². The number of rotatable bonds is 15. The van der Waals surface area contributed by atoms with Crippen LogP contribution in [0.4, 0.5) is 0 Å². The third-order valence-corrected chi connectivity index (χ3v) is 4.50. The normalized spacial score (nSPS) is 15.3. The zero-order valence-electron chi connectivity index (χ0n) is 18.3. The first-order valence-electron chi connectivity index (χ1n) is 10.2. The molecule has 10 heteroatoms. The second-order valence-corrected chi connectivity index (χ2v) is 6.73. The summed E-state index contributed by atoms with van der Waals surface area (Å²) in [7, 11) is 0. The molecule has 0 saturated heterocycles. The van der Waals surface area contributed by atoms with Gasteiger partial charge in [0.25, 0.3) is 0 Å². The fourth-order valence-electron chi connectivity index (χ4n) is 2.94. The van der Waals surface area contributed by atoms with Gasteiger partial charge in [0.15, 0.2) is 0 Å². The van der Waals surface area contributed by atoms with Crippen LogP contribution in [0.2, 0.25) is 0 Å². The summed E-state index contributed by atoms with van der Waals surface area (Å²) in [6.07, 6.45) is 6.73. The summed E-state index contributed by atoms with van der Waals surface area (Å²) in [6, 6.07) is 0. The maximum absolute atomic E-state index is 11.9. The van der Waals surface area contributed by atoms with Crippen molar-refractivity contribution in [1.29, 1.82) is 0 Å². The van der Waals surface area contributed by atoms with E-state index in [0.29, 0.717) is 64.2 Å². The second kappa shape index (κ2) is 18.0. The maximum Gasteiger partial charge on any atom is 1.00 e. The summed E-state index contributed by atoms with van der Waals surface area (Å²) in [6.45, 7) is 8.59. The molecule has 0 aromatic carbocycles. The largest absolute Gasteiger partial charge is 1.00 e. The quantitative estimate of drug-likeness (QED) is 0.0969. The van der Waals surface area contributed by atoms with Crippen molar-refractivity contribution in [2.45, 2.75) is 51.0 Å². The molecule has 0 radical (unpaired) electrons. The summed E-state index contributed by atoms with van der Waals surface area (Å²) in [5.74, 6) is -0.867. The van der Waals surface area contributed by atoms with Crippen molar-refractivity contribution in [1.82, 2.24) is 10.6 Å². The molecule has 0 saturated carbocycles. The fourth-order valence-corrected chi connectivity index (χ4v) is 2.94. The molecule has 2 amide bonds. The second-order valence-electron chi connectivity index (χ2n) is 6.73. The molecule has 0 spiro atoms. The number of hydrogen-bond donors (Lipinski definition) is 3. The van der Waals surface area contributed by atoms with Gasteiger partial charge in [0.2, 0.25) is 11.8 Å². The van der Waals surface area contributed by atoms with Gasteiger partial charge in [-0.25, -0.2) is 4.79 Å². The predicted molar refractivity (Wildman–Crippen MR) is 110 cm³/mol. The van der Waals surface area contributed by atoms with Gasteiger partial charge in [-0.15, -0.1) is 0 Å². The average molecular weight is 447 g/mol. The zero-order valence-corrected chi connectivity index (χ0v) is 20.3. The summed E-state index contributed by atoms with van der Waals surface area (Å²) >= 11 is 0. The SMILES string of the molecule is C=CC(=O)NCCCCOC1=C(C(=O)OO)CCCC1OCCCCNC(=O)C=C.[Na+]. The first-order chi connectivity index (χ1) is 14.5. The number of hydrogen-bond acceptors (Lipinski definition) is 7. The van der Waals surface area contributed by atoms with Crippen molar-refractivity contribution in [3.63, 3.8) is 0 Å². The number of unbranched alkanes of at least 4 members (excludes halogenated alkanes) is 2. The molecule has 0 aliphatic heterocycles. The Labute approximate surface area is 205 Å². The number of carbonyl (C=O) groups is 3. The Bertz CT molecular complexity index is 637. The molecule has 0 aromatic heterocycles. The summed E-state index contributed by atoms with van der Waals surface area (Å²) in [4.78, 5) is 38.0. The van der Waals surface area contributed by atoms with Gasteiger partial charge in [-0.1, -0.05) is 13.2 Å². The Kier molecular flexibility index (Phi) is 17.0. The van der Waals surface area contributed by atoms with Crippen molar-refractivity contribution in [2.75, 3.05) is 26.3 Å². The number of amides is 2. The van der Waals surface area contributed by atoms with Crippen LogP contribution in [0.1, 0.15) is 44.9 Å². The van der Waals surface area contributed by atoms with Gasteiger partial charge >= 0.3 is 35.5 Å². The van der Waals surface area contributed by atoms with Gasteiger partial charge < -0.3 is 20.1 Å². The average Bonchev–Trinajstić information content (AvgIpc) is 2.77. The van der Waals surface area contributed by atoms with Gasteiger partial charge in [0.1, 0.15) is 11.9 Å². The van der Waals surface area contributed by atoms with Crippen LogP contribution in [0.25, 0.3) is 0 Å². The van der Waals surface area contributed by atoms with Crippen molar-refractivity contribution in [3.05, 3.63) is 36.6 Å². The molecule has 1 unspecified atom stereocenters. The van der Waals surface area contributed by atoms with E-state index in [-0.39, 0.29) is 46.9 Å². The minimum atomic E-state index is -0.830. The summed E-state index contributed by atoms with van der Waals surface area (Å²) in [5, 5.41) is 14.2. The molecule has 1 aliphatic rings. The number of carbonyl (C=O) groups excluding carboxylic acids is 3. The molecule has 0 aromatic rings. The van der Waals surface area contributed by atoms with Crippen molar-refractivity contribution >= 4 is 17.8 Å². The minimum absolute atomic E-state index is 0. The van der Waals surface area contributed by atoms with E-state index >= 15 is 0 Å². The monoisotopic (exact) mass is 447 g/mol. The van der Waals surface area contributed by atoms with Crippen molar-refractivity contribution in [2.24, 2.45) is 0 Å². The zero-order chi connectivity index (χ0) is 22.2. The Morgan fingerprint density at radius 1 is 1.00 bits per heavy atom. The Morgan fingerprint density at radius 2 is 1.58 bits per heavy atom. The summed E-state index contributed by atoms with van der Waals surface area (Å²) < 4.78 is 11.7. The molecular formula is C21H32N2NaO7+. The van der Waals surface area contributed by atoms with Gasteiger partial charge in [0.05, 0.1) is 12.2 Å². The third-order valence-electron chi connectivity index (χ3n) is 4.50. The van der Waals surface area contributed by atoms with Crippen LogP contribution in [-0.4, -0.2) is 55.4 Å². The van der Waals surface area contributed by atoms with Crippen LogP contribution >= 0.6 is 0 Å². The summed E-state index contributed by atoms with van der Waals surface area (Å²) in [5.41, 5.74) is 0.284. The molecule has 0 bridgehead atoms.